The van der Waals surface area contributed by atoms with Gasteiger partial charge in [-0.2, -0.15) is 0 Å². The molecule has 1 unspecified atom stereocenters. The van der Waals surface area contributed by atoms with Crippen molar-refractivity contribution in [3.63, 3.8) is 0 Å². The van der Waals surface area contributed by atoms with Crippen LogP contribution >= 0.6 is 11.6 Å². The molecule has 0 spiro atoms. The summed E-state index contributed by atoms with van der Waals surface area (Å²) in [6.45, 7) is 1.91. The van der Waals surface area contributed by atoms with E-state index >= 15 is 0 Å². The molecule has 25 heavy (non-hydrogen) atoms. The maximum absolute atomic E-state index is 12.7. The molecule has 0 amide bonds. The first-order chi connectivity index (χ1) is 12.0. The Morgan fingerprint density at radius 2 is 1.44 bits per heavy atom. The molecule has 3 nitrogen and oxygen atoms in total. The highest BCUT2D eigenvalue weighted by Gasteiger charge is 2.19. The van der Waals surface area contributed by atoms with Crippen LogP contribution in [0.5, 0.6) is 0 Å². The predicted molar refractivity (Wildman–Crippen MR) is 103 cm³/mol. The van der Waals surface area contributed by atoms with Gasteiger partial charge in [-0.25, -0.2) is 8.42 Å². The number of anilines is 1. The number of aryl methyl sites for hydroxylation is 1. The maximum Gasteiger partial charge on any atom is 0.261 e. The molecule has 0 fully saturated rings. The third kappa shape index (κ3) is 4.03. The fraction of sp³-hybridized carbons (Fsp3) is 0.100. The van der Waals surface area contributed by atoms with Gasteiger partial charge in [0.2, 0.25) is 0 Å². The van der Waals surface area contributed by atoms with Gasteiger partial charge in [0, 0.05) is 0 Å². The number of nitrogens with one attached hydrogen (secondary N) is 1. The zero-order valence-electron chi connectivity index (χ0n) is 13.7. The molecule has 0 aromatic heterocycles. The molecule has 128 valence electrons. The molecule has 3 aromatic rings. The molecule has 1 N–H and O–H groups in total. The van der Waals surface area contributed by atoms with Gasteiger partial charge in [-0.15, -0.1) is 11.6 Å². The Morgan fingerprint density at radius 1 is 0.840 bits per heavy atom. The van der Waals surface area contributed by atoms with Crippen molar-refractivity contribution in [2.45, 2.75) is 17.2 Å². The summed E-state index contributed by atoms with van der Waals surface area (Å²) in [5.74, 6) is 0. The van der Waals surface area contributed by atoms with E-state index in [2.05, 4.69) is 4.72 Å². The van der Waals surface area contributed by atoms with Crippen molar-refractivity contribution in [1.82, 2.24) is 0 Å². The molecule has 0 heterocycles. The lowest BCUT2D eigenvalue weighted by molar-refractivity contribution is 0.601. The Kier molecular flexibility index (Phi) is 5.11. The van der Waals surface area contributed by atoms with E-state index in [1.807, 2.05) is 49.4 Å². The van der Waals surface area contributed by atoms with Gasteiger partial charge in [0.25, 0.3) is 10.0 Å². The van der Waals surface area contributed by atoms with Crippen molar-refractivity contribution >= 4 is 27.3 Å². The first kappa shape index (κ1) is 17.5. The largest absolute Gasteiger partial charge is 0.279 e. The lowest BCUT2D eigenvalue weighted by atomic mass is 10.0. The van der Waals surface area contributed by atoms with Crippen LogP contribution in [0.15, 0.2) is 83.8 Å². The molecule has 0 saturated heterocycles. The molecule has 0 aliphatic carbocycles. The highest BCUT2D eigenvalue weighted by Crippen LogP contribution is 2.34. The molecule has 0 bridgehead atoms. The fourth-order valence-electron chi connectivity index (χ4n) is 2.53. The summed E-state index contributed by atoms with van der Waals surface area (Å²) in [6, 6.07) is 23.5. The summed E-state index contributed by atoms with van der Waals surface area (Å²) in [5.41, 5.74) is 3.10. The van der Waals surface area contributed by atoms with Crippen molar-refractivity contribution in [2.24, 2.45) is 0 Å². The van der Waals surface area contributed by atoms with Gasteiger partial charge in [-0.1, -0.05) is 66.2 Å². The van der Waals surface area contributed by atoms with E-state index in [0.717, 1.165) is 11.1 Å². The van der Waals surface area contributed by atoms with Crippen molar-refractivity contribution in [2.75, 3.05) is 4.72 Å². The highest BCUT2D eigenvalue weighted by atomic mass is 35.5. The van der Waals surface area contributed by atoms with Gasteiger partial charge in [-0.05, 0) is 36.2 Å². The zero-order chi connectivity index (χ0) is 17.9. The van der Waals surface area contributed by atoms with Gasteiger partial charge in [0.1, 0.15) is 0 Å². The summed E-state index contributed by atoms with van der Waals surface area (Å²) in [6.07, 6.45) is 0. The molecule has 3 aromatic carbocycles. The van der Waals surface area contributed by atoms with Crippen LogP contribution in [0.3, 0.4) is 0 Å². The van der Waals surface area contributed by atoms with E-state index in [9.17, 15) is 8.42 Å². The number of sulfonamides is 1. The van der Waals surface area contributed by atoms with Crippen LogP contribution in [0.2, 0.25) is 0 Å². The molecule has 0 aliphatic heterocycles. The van der Waals surface area contributed by atoms with E-state index in [1.165, 1.54) is 0 Å². The fourth-order valence-corrected chi connectivity index (χ4v) is 3.96. The number of benzene rings is 3. The van der Waals surface area contributed by atoms with Crippen molar-refractivity contribution in [3.05, 3.63) is 95.6 Å². The molecular formula is C20H18ClNO2S. The molecule has 3 rings (SSSR count). The second-order valence-electron chi connectivity index (χ2n) is 5.78. The lowest BCUT2D eigenvalue weighted by Gasteiger charge is -2.17. The van der Waals surface area contributed by atoms with Gasteiger partial charge >= 0.3 is 0 Å². The minimum absolute atomic E-state index is 0.221. The predicted octanol–water partition coefficient (Wildman–Crippen LogP) is 5.12. The molecular weight excluding hydrogens is 354 g/mol. The molecule has 0 aliphatic rings. The Labute approximate surface area is 153 Å². The van der Waals surface area contributed by atoms with Crippen molar-refractivity contribution in [3.8, 4) is 0 Å². The van der Waals surface area contributed by atoms with E-state index in [1.54, 1.807) is 36.4 Å². The Bertz CT molecular complexity index is 955. The monoisotopic (exact) mass is 371 g/mol. The highest BCUT2D eigenvalue weighted by molar-refractivity contribution is 7.92. The number of hydrogen-bond donors (Lipinski definition) is 1. The topological polar surface area (TPSA) is 46.2 Å². The van der Waals surface area contributed by atoms with Gasteiger partial charge < -0.3 is 0 Å². The second-order valence-corrected chi connectivity index (χ2v) is 7.90. The first-order valence-corrected chi connectivity index (χ1v) is 9.77. The average Bonchev–Trinajstić information content (AvgIpc) is 2.62. The number of para-hydroxylation sites is 1. The Balaban J connectivity index is 1.95. The maximum atomic E-state index is 12.7. The number of alkyl halides is 1. The van der Waals surface area contributed by atoms with Crippen LogP contribution in [0.25, 0.3) is 0 Å². The molecule has 5 heteroatoms. The van der Waals surface area contributed by atoms with Crippen LogP contribution < -0.4 is 4.72 Å². The van der Waals surface area contributed by atoms with Crippen molar-refractivity contribution in [1.29, 1.82) is 0 Å². The van der Waals surface area contributed by atoms with Gasteiger partial charge in [0.15, 0.2) is 0 Å². The van der Waals surface area contributed by atoms with Gasteiger partial charge in [0.05, 0.1) is 16.0 Å². The van der Waals surface area contributed by atoms with Crippen molar-refractivity contribution < 1.29 is 8.42 Å². The summed E-state index contributed by atoms with van der Waals surface area (Å²) in [7, 11) is -3.68. The minimum Gasteiger partial charge on any atom is -0.279 e. The van der Waals surface area contributed by atoms with E-state index in [0.29, 0.717) is 11.3 Å². The zero-order valence-corrected chi connectivity index (χ0v) is 15.3. The summed E-state index contributed by atoms with van der Waals surface area (Å²) < 4.78 is 28.0. The Hall–Kier alpha value is -2.30. The van der Waals surface area contributed by atoms with Crippen LogP contribution in [0, 0.1) is 6.92 Å². The summed E-state index contributed by atoms with van der Waals surface area (Å²) in [5, 5.41) is -0.446. The number of hydrogen-bond acceptors (Lipinski definition) is 2. The first-order valence-electron chi connectivity index (χ1n) is 7.85. The molecule has 0 radical (unpaired) electrons. The summed E-state index contributed by atoms with van der Waals surface area (Å²) in [4.78, 5) is 0.221. The smallest absolute Gasteiger partial charge is 0.261 e. The van der Waals surface area contributed by atoms with Crippen LogP contribution in [-0.4, -0.2) is 8.42 Å². The number of rotatable bonds is 5. The van der Waals surface area contributed by atoms with Crippen LogP contribution in [0.4, 0.5) is 5.69 Å². The third-order valence-corrected chi connectivity index (χ3v) is 5.77. The third-order valence-electron chi connectivity index (χ3n) is 3.90. The quantitative estimate of drug-likeness (QED) is 0.632. The van der Waals surface area contributed by atoms with E-state index < -0.39 is 15.4 Å². The number of halogens is 1. The molecule has 1 atom stereocenters. The summed E-state index contributed by atoms with van der Waals surface area (Å²) >= 11 is 6.60. The average molecular weight is 372 g/mol. The molecule has 0 saturated carbocycles. The minimum atomic E-state index is -3.68. The van der Waals surface area contributed by atoms with E-state index in [-0.39, 0.29) is 4.90 Å². The standard InChI is InChI=1S/C20H18ClNO2S/c1-15-11-13-17(14-12-15)25(23,24)22-19-10-6-5-9-18(19)20(21)16-7-3-2-4-8-16/h2-14,20,22H,1H3. The normalized spacial score (nSPS) is 12.6. The van der Waals surface area contributed by atoms with E-state index in [4.69, 9.17) is 11.6 Å². The van der Waals surface area contributed by atoms with Crippen LogP contribution in [-0.2, 0) is 10.0 Å². The lowest BCUT2D eigenvalue weighted by Crippen LogP contribution is -2.14. The Morgan fingerprint density at radius 3 is 2.12 bits per heavy atom. The second kappa shape index (κ2) is 7.30. The SMILES string of the molecule is Cc1ccc(S(=O)(=O)Nc2ccccc2C(Cl)c2ccccc2)cc1. The van der Waals surface area contributed by atoms with Crippen LogP contribution in [0.1, 0.15) is 22.1 Å². The van der Waals surface area contributed by atoms with Gasteiger partial charge in [-0.3, -0.25) is 4.72 Å².